The second-order valence-electron chi connectivity index (χ2n) is 7.39. The van der Waals surface area contributed by atoms with E-state index < -0.39 is 0 Å². The van der Waals surface area contributed by atoms with Gasteiger partial charge in [0.05, 0.1) is 37.7 Å². The second-order valence-corrected chi connectivity index (χ2v) is 8.17. The number of anilines is 1. The summed E-state index contributed by atoms with van der Waals surface area (Å²) in [5.41, 5.74) is 2.21. The molecular formula is C23H24Cl2N4O2. The van der Waals surface area contributed by atoms with E-state index in [4.69, 9.17) is 27.9 Å². The van der Waals surface area contributed by atoms with E-state index in [1.165, 1.54) is 4.68 Å². The highest BCUT2D eigenvalue weighted by Gasteiger charge is 2.24. The van der Waals surface area contributed by atoms with Gasteiger partial charge in [-0.3, -0.25) is 9.69 Å². The molecule has 0 spiro atoms. The van der Waals surface area contributed by atoms with Gasteiger partial charge >= 0.3 is 0 Å². The predicted molar refractivity (Wildman–Crippen MR) is 124 cm³/mol. The molecule has 1 unspecified atom stereocenters. The lowest BCUT2D eigenvalue weighted by atomic mass is 10.0. The molecule has 1 fully saturated rings. The third-order valence-corrected chi connectivity index (χ3v) is 6.11. The van der Waals surface area contributed by atoms with Gasteiger partial charge in [-0.05, 0) is 17.2 Å². The van der Waals surface area contributed by atoms with E-state index in [1.807, 2.05) is 54.6 Å². The Kier molecular flexibility index (Phi) is 7.25. The molecule has 1 atom stereocenters. The molecule has 4 rings (SSSR count). The molecule has 1 N–H and O–H groups in total. The maximum Gasteiger partial charge on any atom is 0.287 e. The van der Waals surface area contributed by atoms with Gasteiger partial charge in [-0.2, -0.15) is 5.10 Å². The highest BCUT2D eigenvalue weighted by molar-refractivity contribution is 6.33. The smallest absolute Gasteiger partial charge is 0.287 e. The van der Waals surface area contributed by atoms with Crippen molar-refractivity contribution in [1.29, 1.82) is 0 Å². The Bertz CT molecular complexity index is 1070. The summed E-state index contributed by atoms with van der Waals surface area (Å²) in [4.78, 5) is 15.1. The van der Waals surface area contributed by atoms with Gasteiger partial charge in [0.2, 0.25) is 0 Å². The number of nitrogens with one attached hydrogen (secondary N) is 1. The number of nitrogens with zero attached hydrogens (tertiary/aromatic N) is 3. The van der Waals surface area contributed by atoms with E-state index in [9.17, 15) is 4.79 Å². The average Bonchev–Trinajstić information content (AvgIpc) is 2.81. The summed E-state index contributed by atoms with van der Waals surface area (Å²) in [6.45, 7) is 3.88. The van der Waals surface area contributed by atoms with Crippen molar-refractivity contribution in [2.75, 3.05) is 38.2 Å². The predicted octanol–water partition coefficient (Wildman–Crippen LogP) is 4.08. The van der Waals surface area contributed by atoms with Gasteiger partial charge in [0, 0.05) is 24.7 Å². The lowest BCUT2D eigenvalue weighted by Crippen LogP contribution is -2.41. The molecule has 31 heavy (non-hydrogen) atoms. The van der Waals surface area contributed by atoms with E-state index in [0.717, 1.165) is 24.2 Å². The van der Waals surface area contributed by atoms with Crippen molar-refractivity contribution in [1.82, 2.24) is 14.7 Å². The Hall–Kier alpha value is -2.38. The number of aromatic nitrogens is 2. The van der Waals surface area contributed by atoms with Crippen LogP contribution in [0.25, 0.3) is 0 Å². The summed E-state index contributed by atoms with van der Waals surface area (Å²) in [5, 5.41) is 8.47. The van der Waals surface area contributed by atoms with E-state index >= 15 is 0 Å². The van der Waals surface area contributed by atoms with Crippen LogP contribution in [0.5, 0.6) is 0 Å². The number of hydrogen-bond acceptors (Lipinski definition) is 5. The summed E-state index contributed by atoms with van der Waals surface area (Å²) >= 11 is 12.9. The molecule has 2 heterocycles. The molecule has 8 heteroatoms. The molecule has 0 saturated carbocycles. The van der Waals surface area contributed by atoms with Crippen LogP contribution < -0.4 is 10.9 Å². The molecule has 1 aromatic heterocycles. The van der Waals surface area contributed by atoms with Crippen molar-refractivity contribution in [3.8, 4) is 0 Å². The Morgan fingerprint density at radius 2 is 1.74 bits per heavy atom. The number of hydrogen-bond donors (Lipinski definition) is 1. The number of halogens is 2. The molecule has 1 saturated heterocycles. The van der Waals surface area contributed by atoms with Gasteiger partial charge in [-0.15, -0.1) is 0 Å². The normalized spacial score (nSPS) is 15.5. The van der Waals surface area contributed by atoms with Crippen LogP contribution in [0.15, 0.2) is 65.6 Å². The summed E-state index contributed by atoms with van der Waals surface area (Å²) in [6, 6.07) is 17.5. The summed E-state index contributed by atoms with van der Waals surface area (Å²) in [7, 11) is 0. The minimum atomic E-state index is -0.323. The molecule has 1 aliphatic heterocycles. The van der Waals surface area contributed by atoms with Gasteiger partial charge in [0.15, 0.2) is 0 Å². The largest absolute Gasteiger partial charge is 0.380 e. The number of morpholine rings is 1. The minimum Gasteiger partial charge on any atom is -0.380 e. The van der Waals surface area contributed by atoms with Crippen LogP contribution in [0, 0.1) is 0 Å². The maximum atomic E-state index is 12.7. The summed E-state index contributed by atoms with van der Waals surface area (Å²) in [6.07, 6.45) is 1.61. The fourth-order valence-electron chi connectivity index (χ4n) is 3.73. The zero-order valence-corrected chi connectivity index (χ0v) is 18.5. The van der Waals surface area contributed by atoms with Crippen molar-refractivity contribution >= 4 is 28.9 Å². The molecule has 0 aliphatic carbocycles. The summed E-state index contributed by atoms with van der Waals surface area (Å²) < 4.78 is 6.88. The first-order valence-corrected chi connectivity index (χ1v) is 11.0. The average molecular weight is 459 g/mol. The maximum absolute atomic E-state index is 12.7. The van der Waals surface area contributed by atoms with Crippen LogP contribution >= 0.6 is 23.2 Å². The summed E-state index contributed by atoms with van der Waals surface area (Å²) in [5.74, 6) is 0. The zero-order valence-electron chi connectivity index (χ0n) is 17.0. The molecule has 2 aromatic carbocycles. The minimum absolute atomic E-state index is 0.0143. The highest BCUT2D eigenvalue weighted by atomic mass is 35.5. The fraction of sp³-hybridized carbons (Fsp3) is 0.304. The highest BCUT2D eigenvalue weighted by Crippen LogP contribution is 2.29. The van der Waals surface area contributed by atoms with Crippen molar-refractivity contribution in [3.05, 3.63) is 92.3 Å². The molecule has 162 valence electrons. The van der Waals surface area contributed by atoms with Crippen molar-refractivity contribution in [2.24, 2.45) is 0 Å². The van der Waals surface area contributed by atoms with Crippen LogP contribution in [0.4, 0.5) is 5.69 Å². The quantitative estimate of drug-likeness (QED) is 0.577. The third kappa shape index (κ3) is 5.28. The van der Waals surface area contributed by atoms with Gasteiger partial charge in [-0.25, -0.2) is 4.68 Å². The zero-order chi connectivity index (χ0) is 21.6. The standard InChI is InChI=1S/C23H24Cl2N4O2/c24-19-9-5-4-8-18(19)21(28-10-12-31-13-11-28)15-26-20-14-27-29(23(30)22(20)25)16-17-6-2-1-3-7-17/h1-9,14,21,26H,10-13,15-16H2. The van der Waals surface area contributed by atoms with Crippen LogP contribution in [0.3, 0.4) is 0 Å². The molecule has 6 nitrogen and oxygen atoms in total. The van der Waals surface area contributed by atoms with Crippen LogP contribution in [0.2, 0.25) is 10.0 Å². The van der Waals surface area contributed by atoms with Gasteiger partial charge < -0.3 is 10.1 Å². The molecule has 0 radical (unpaired) electrons. The van der Waals surface area contributed by atoms with Crippen LogP contribution in [0.1, 0.15) is 17.2 Å². The number of benzene rings is 2. The second kappa shape index (κ2) is 10.3. The molecular weight excluding hydrogens is 435 g/mol. The molecule has 1 aliphatic rings. The first-order chi connectivity index (χ1) is 15.1. The van der Waals surface area contributed by atoms with Crippen molar-refractivity contribution < 1.29 is 4.74 Å². The molecule has 0 amide bonds. The number of rotatable bonds is 7. The van der Waals surface area contributed by atoms with Crippen molar-refractivity contribution in [3.63, 3.8) is 0 Å². The van der Waals surface area contributed by atoms with Gasteiger partial charge in [0.25, 0.3) is 5.56 Å². The van der Waals surface area contributed by atoms with Crippen LogP contribution in [-0.2, 0) is 11.3 Å². The number of ether oxygens (including phenoxy) is 1. The third-order valence-electron chi connectivity index (χ3n) is 5.40. The first-order valence-electron chi connectivity index (χ1n) is 10.2. The van der Waals surface area contributed by atoms with Crippen molar-refractivity contribution in [2.45, 2.75) is 12.6 Å². The van der Waals surface area contributed by atoms with Crippen LogP contribution in [-0.4, -0.2) is 47.5 Å². The van der Waals surface area contributed by atoms with E-state index in [0.29, 0.717) is 37.0 Å². The monoisotopic (exact) mass is 458 g/mol. The topological polar surface area (TPSA) is 59.4 Å². The SMILES string of the molecule is O=c1c(Cl)c(NCC(c2ccccc2Cl)N2CCOCC2)cnn1Cc1ccccc1. The Morgan fingerprint density at radius 1 is 1.03 bits per heavy atom. The Balaban J connectivity index is 1.53. The Labute approximate surface area is 191 Å². The molecule has 0 bridgehead atoms. The van der Waals surface area contributed by atoms with Gasteiger partial charge in [-0.1, -0.05) is 71.7 Å². The van der Waals surface area contributed by atoms with E-state index in [-0.39, 0.29) is 16.6 Å². The lowest BCUT2D eigenvalue weighted by molar-refractivity contribution is 0.0187. The fourth-order valence-corrected chi connectivity index (χ4v) is 4.21. The van der Waals surface area contributed by atoms with E-state index in [1.54, 1.807) is 6.20 Å². The Morgan fingerprint density at radius 3 is 2.48 bits per heavy atom. The molecule has 3 aromatic rings. The first kappa shape index (κ1) is 21.8. The van der Waals surface area contributed by atoms with Gasteiger partial charge in [0.1, 0.15) is 5.02 Å². The van der Waals surface area contributed by atoms with E-state index in [2.05, 4.69) is 15.3 Å². The lowest BCUT2D eigenvalue weighted by Gasteiger charge is -2.35.